The van der Waals surface area contributed by atoms with Crippen LogP contribution in [0.3, 0.4) is 0 Å². The first kappa shape index (κ1) is 15.8. The van der Waals surface area contributed by atoms with E-state index in [4.69, 9.17) is 4.74 Å². The van der Waals surface area contributed by atoms with Gasteiger partial charge in [0.15, 0.2) is 0 Å². The van der Waals surface area contributed by atoms with E-state index in [0.29, 0.717) is 6.42 Å². The van der Waals surface area contributed by atoms with Crippen LogP contribution in [0.4, 0.5) is 0 Å². The number of ether oxygens (including phenoxy) is 1. The fraction of sp³-hybridized carbons (Fsp3) is 0.474. The summed E-state index contributed by atoms with van der Waals surface area (Å²) in [6, 6.07) is 9.35. The maximum absolute atomic E-state index is 12.8. The fourth-order valence-corrected chi connectivity index (χ4v) is 3.21. The third kappa shape index (κ3) is 3.81. The van der Waals surface area contributed by atoms with Crippen LogP contribution in [0.5, 0.6) is 0 Å². The maximum Gasteiger partial charge on any atom is 0.310 e. The lowest BCUT2D eigenvalue weighted by Gasteiger charge is -2.25. The van der Waals surface area contributed by atoms with Crippen LogP contribution >= 0.6 is 0 Å². The SMILES string of the molecule is O=C(O[C@@H](C(=O)N1CCCC1)c1ccccc1)[C@H]1CC=CCC1. The molecule has 0 saturated carbocycles. The average molecular weight is 313 g/mol. The Morgan fingerprint density at radius 1 is 1.09 bits per heavy atom. The van der Waals surface area contributed by atoms with Gasteiger partial charge in [0.05, 0.1) is 5.92 Å². The maximum atomic E-state index is 12.8. The number of likely N-dealkylation sites (tertiary alicyclic amines) is 1. The van der Waals surface area contributed by atoms with Crippen molar-refractivity contribution in [1.29, 1.82) is 0 Å². The van der Waals surface area contributed by atoms with E-state index >= 15 is 0 Å². The number of carbonyl (C=O) groups is 2. The Morgan fingerprint density at radius 2 is 1.83 bits per heavy atom. The van der Waals surface area contributed by atoms with Crippen molar-refractivity contribution in [2.24, 2.45) is 5.92 Å². The van der Waals surface area contributed by atoms with Gasteiger partial charge < -0.3 is 9.64 Å². The molecule has 1 fully saturated rings. The second-order valence-electron chi connectivity index (χ2n) is 6.24. The lowest BCUT2D eigenvalue weighted by molar-refractivity contribution is -0.164. The number of amides is 1. The van der Waals surface area contributed by atoms with Crippen molar-refractivity contribution in [3.8, 4) is 0 Å². The van der Waals surface area contributed by atoms with E-state index in [9.17, 15) is 9.59 Å². The molecule has 1 aliphatic carbocycles. The van der Waals surface area contributed by atoms with Gasteiger partial charge in [0.1, 0.15) is 0 Å². The predicted octanol–water partition coefficient (Wildman–Crippen LogP) is 3.25. The molecular formula is C19H23NO3. The Kier molecular flexibility index (Phi) is 5.11. The highest BCUT2D eigenvalue weighted by molar-refractivity contribution is 5.85. The van der Waals surface area contributed by atoms with E-state index in [0.717, 1.165) is 44.3 Å². The van der Waals surface area contributed by atoms with Crippen LogP contribution in [0.1, 0.15) is 43.8 Å². The molecule has 1 aromatic rings. The van der Waals surface area contributed by atoms with Crippen LogP contribution in [-0.2, 0) is 14.3 Å². The van der Waals surface area contributed by atoms with Gasteiger partial charge in [-0.3, -0.25) is 9.59 Å². The number of hydrogen-bond acceptors (Lipinski definition) is 3. The normalized spacial score (nSPS) is 21.9. The topological polar surface area (TPSA) is 46.6 Å². The van der Waals surface area contributed by atoms with Crippen LogP contribution in [-0.4, -0.2) is 29.9 Å². The molecular weight excluding hydrogens is 290 g/mol. The van der Waals surface area contributed by atoms with Crippen LogP contribution in [0.15, 0.2) is 42.5 Å². The number of rotatable bonds is 4. The van der Waals surface area contributed by atoms with Crippen molar-refractivity contribution in [3.05, 3.63) is 48.0 Å². The van der Waals surface area contributed by atoms with Crippen molar-refractivity contribution < 1.29 is 14.3 Å². The van der Waals surface area contributed by atoms with Crippen LogP contribution < -0.4 is 0 Å². The first-order valence-electron chi connectivity index (χ1n) is 8.45. The molecule has 23 heavy (non-hydrogen) atoms. The number of benzene rings is 1. The minimum atomic E-state index is -0.812. The standard InChI is InChI=1S/C19H23NO3/c21-18(20-13-7-8-14-20)17(15-9-3-1-4-10-15)23-19(22)16-11-5-2-6-12-16/h1-5,9-10,16-17H,6-8,11-14H2/t16-,17+/m0/s1. The van der Waals surface area contributed by atoms with Gasteiger partial charge in [-0.05, 0) is 32.1 Å². The molecule has 4 nitrogen and oxygen atoms in total. The number of hydrogen-bond donors (Lipinski definition) is 0. The van der Waals surface area contributed by atoms with Crippen molar-refractivity contribution in [1.82, 2.24) is 4.90 Å². The number of nitrogens with zero attached hydrogens (tertiary/aromatic N) is 1. The molecule has 0 N–H and O–H groups in total. The van der Waals surface area contributed by atoms with E-state index in [1.165, 1.54) is 0 Å². The third-order valence-corrected chi connectivity index (χ3v) is 4.58. The Hall–Kier alpha value is -2.10. The summed E-state index contributed by atoms with van der Waals surface area (Å²) < 4.78 is 5.69. The second-order valence-corrected chi connectivity index (χ2v) is 6.24. The van der Waals surface area contributed by atoms with Gasteiger partial charge in [-0.1, -0.05) is 42.5 Å². The van der Waals surface area contributed by atoms with Gasteiger partial charge in [0.25, 0.3) is 5.91 Å². The molecule has 2 atom stereocenters. The Balaban J connectivity index is 1.76. The smallest absolute Gasteiger partial charge is 0.310 e. The minimum absolute atomic E-state index is 0.0894. The summed E-state index contributed by atoms with van der Waals surface area (Å²) in [5, 5.41) is 0. The summed E-state index contributed by atoms with van der Waals surface area (Å²) in [7, 11) is 0. The van der Waals surface area contributed by atoms with Crippen molar-refractivity contribution >= 4 is 11.9 Å². The molecule has 1 heterocycles. The van der Waals surface area contributed by atoms with Crippen molar-refractivity contribution in [3.63, 3.8) is 0 Å². The van der Waals surface area contributed by atoms with Gasteiger partial charge in [-0.2, -0.15) is 0 Å². The molecule has 0 aromatic heterocycles. The molecule has 122 valence electrons. The van der Waals surface area contributed by atoms with Gasteiger partial charge in [0.2, 0.25) is 6.10 Å². The first-order chi connectivity index (χ1) is 11.3. The highest BCUT2D eigenvalue weighted by atomic mass is 16.5. The number of esters is 1. The van der Waals surface area contributed by atoms with E-state index in [2.05, 4.69) is 6.08 Å². The van der Waals surface area contributed by atoms with Crippen LogP contribution in [0.2, 0.25) is 0 Å². The second kappa shape index (κ2) is 7.44. The van der Waals surface area contributed by atoms with Crippen LogP contribution in [0, 0.1) is 5.92 Å². The Morgan fingerprint density at radius 3 is 2.48 bits per heavy atom. The Bertz CT molecular complexity index is 576. The van der Waals surface area contributed by atoms with E-state index < -0.39 is 6.10 Å². The first-order valence-corrected chi connectivity index (χ1v) is 8.45. The highest BCUT2D eigenvalue weighted by Gasteiger charge is 2.32. The minimum Gasteiger partial charge on any atom is -0.447 e. The largest absolute Gasteiger partial charge is 0.447 e. The van der Waals surface area contributed by atoms with Gasteiger partial charge >= 0.3 is 5.97 Å². The molecule has 4 heteroatoms. The molecule has 0 unspecified atom stereocenters. The lowest BCUT2D eigenvalue weighted by Crippen LogP contribution is -2.36. The van der Waals surface area contributed by atoms with E-state index in [1.807, 2.05) is 41.3 Å². The van der Waals surface area contributed by atoms with E-state index in [1.54, 1.807) is 0 Å². The summed E-state index contributed by atoms with van der Waals surface area (Å²) in [5.74, 6) is -0.471. The van der Waals surface area contributed by atoms with Crippen molar-refractivity contribution in [2.75, 3.05) is 13.1 Å². The molecule has 0 spiro atoms. The van der Waals surface area contributed by atoms with Gasteiger partial charge in [-0.15, -0.1) is 0 Å². The molecule has 1 saturated heterocycles. The zero-order chi connectivity index (χ0) is 16.1. The van der Waals surface area contributed by atoms with Crippen LogP contribution in [0.25, 0.3) is 0 Å². The molecule has 2 aliphatic rings. The quantitative estimate of drug-likeness (QED) is 0.633. The summed E-state index contributed by atoms with van der Waals surface area (Å²) in [4.78, 5) is 27.1. The fourth-order valence-electron chi connectivity index (χ4n) is 3.21. The van der Waals surface area contributed by atoms with Gasteiger partial charge in [-0.25, -0.2) is 0 Å². The molecule has 0 bridgehead atoms. The molecule has 1 aliphatic heterocycles. The third-order valence-electron chi connectivity index (χ3n) is 4.58. The average Bonchev–Trinajstić information content (AvgIpc) is 3.15. The summed E-state index contributed by atoms with van der Waals surface area (Å²) >= 11 is 0. The predicted molar refractivity (Wildman–Crippen MR) is 87.6 cm³/mol. The number of allylic oxidation sites excluding steroid dienone is 2. The number of carbonyl (C=O) groups excluding carboxylic acids is 2. The highest BCUT2D eigenvalue weighted by Crippen LogP contribution is 2.27. The molecule has 0 radical (unpaired) electrons. The van der Waals surface area contributed by atoms with Crippen molar-refractivity contribution in [2.45, 2.75) is 38.2 Å². The zero-order valence-electron chi connectivity index (χ0n) is 13.3. The summed E-state index contributed by atoms with van der Waals surface area (Å²) in [6.07, 6.45) is 7.75. The zero-order valence-corrected chi connectivity index (χ0v) is 13.3. The lowest BCUT2D eigenvalue weighted by atomic mass is 9.94. The summed E-state index contributed by atoms with van der Waals surface area (Å²) in [5.41, 5.74) is 0.754. The van der Waals surface area contributed by atoms with E-state index in [-0.39, 0.29) is 17.8 Å². The molecule has 3 rings (SSSR count). The Labute approximate surface area is 137 Å². The summed E-state index contributed by atoms with van der Waals surface area (Å²) in [6.45, 7) is 1.51. The molecule has 1 aromatic carbocycles. The van der Waals surface area contributed by atoms with Gasteiger partial charge in [0, 0.05) is 18.7 Å². The molecule has 1 amide bonds. The monoisotopic (exact) mass is 313 g/mol.